The molecule has 1 heteroatoms. The summed E-state index contributed by atoms with van der Waals surface area (Å²) in [7, 11) is 0. The monoisotopic (exact) mass is 154 g/mol. The van der Waals surface area contributed by atoms with Gasteiger partial charge in [-0.3, -0.25) is 0 Å². The van der Waals surface area contributed by atoms with Crippen molar-refractivity contribution in [2.24, 2.45) is 11.3 Å². The van der Waals surface area contributed by atoms with Gasteiger partial charge in [-0.1, -0.05) is 33.8 Å². The van der Waals surface area contributed by atoms with E-state index < -0.39 is 0 Å². The maximum absolute atomic E-state index is 5.44. The van der Waals surface area contributed by atoms with Crippen molar-refractivity contribution in [3.63, 3.8) is 0 Å². The standard InChI is InChI=1S/C10H18O/c1-5-6-9-8(2)11-7-10(9,3)4/h9H,2,5-7H2,1,3-4H3. The van der Waals surface area contributed by atoms with Gasteiger partial charge in [0, 0.05) is 11.3 Å². The Morgan fingerprint density at radius 1 is 1.64 bits per heavy atom. The Labute approximate surface area is 69.4 Å². The predicted octanol–water partition coefficient (Wildman–Crippen LogP) is 2.97. The van der Waals surface area contributed by atoms with Crippen LogP contribution in [0.15, 0.2) is 12.3 Å². The second-order valence-corrected chi connectivity index (χ2v) is 4.08. The van der Waals surface area contributed by atoms with Crippen molar-refractivity contribution in [1.29, 1.82) is 0 Å². The minimum absolute atomic E-state index is 0.313. The zero-order valence-corrected chi connectivity index (χ0v) is 7.81. The fraction of sp³-hybridized carbons (Fsp3) is 0.800. The molecular weight excluding hydrogens is 136 g/mol. The van der Waals surface area contributed by atoms with Crippen LogP contribution in [0.5, 0.6) is 0 Å². The molecule has 0 aromatic rings. The molecule has 0 aromatic carbocycles. The zero-order valence-electron chi connectivity index (χ0n) is 7.81. The number of allylic oxidation sites excluding steroid dienone is 1. The van der Waals surface area contributed by atoms with E-state index in [2.05, 4.69) is 27.4 Å². The van der Waals surface area contributed by atoms with E-state index in [1.54, 1.807) is 0 Å². The van der Waals surface area contributed by atoms with Gasteiger partial charge in [0.25, 0.3) is 0 Å². The topological polar surface area (TPSA) is 9.23 Å². The van der Waals surface area contributed by atoms with Crippen molar-refractivity contribution in [3.05, 3.63) is 12.3 Å². The first kappa shape index (κ1) is 8.63. The number of hydrogen-bond acceptors (Lipinski definition) is 1. The highest BCUT2D eigenvalue weighted by molar-refractivity contribution is 5.03. The highest BCUT2D eigenvalue weighted by atomic mass is 16.5. The van der Waals surface area contributed by atoms with Crippen LogP contribution in [0.2, 0.25) is 0 Å². The molecule has 0 aromatic heterocycles. The molecule has 0 N–H and O–H groups in total. The average Bonchev–Trinajstić information content (AvgIpc) is 2.16. The van der Waals surface area contributed by atoms with E-state index in [1.165, 1.54) is 12.8 Å². The molecule has 0 aliphatic carbocycles. The maximum Gasteiger partial charge on any atom is 0.0935 e. The summed E-state index contributed by atoms with van der Waals surface area (Å²) < 4.78 is 5.44. The molecule has 0 bridgehead atoms. The third kappa shape index (κ3) is 1.58. The van der Waals surface area contributed by atoms with E-state index in [0.29, 0.717) is 11.3 Å². The predicted molar refractivity (Wildman–Crippen MR) is 47.3 cm³/mol. The van der Waals surface area contributed by atoms with Crippen molar-refractivity contribution in [2.75, 3.05) is 6.61 Å². The van der Waals surface area contributed by atoms with E-state index in [0.717, 1.165) is 12.4 Å². The molecule has 1 aliphatic rings. The summed E-state index contributed by atoms with van der Waals surface area (Å²) in [5.41, 5.74) is 0.313. The van der Waals surface area contributed by atoms with Gasteiger partial charge in [0.1, 0.15) is 0 Å². The molecule has 1 rings (SSSR count). The van der Waals surface area contributed by atoms with E-state index in [9.17, 15) is 0 Å². The van der Waals surface area contributed by atoms with Crippen LogP contribution in [-0.2, 0) is 4.74 Å². The lowest BCUT2D eigenvalue weighted by Crippen LogP contribution is -2.20. The van der Waals surface area contributed by atoms with Gasteiger partial charge >= 0.3 is 0 Å². The van der Waals surface area contributed by atoms with Gasteiger partial charge in [-0.2, -0.15) is 0 Å². The molecule has 0 amide bonds. The fourth-order valence-corrected chi connectivity index (χ4v) is 1.76. The van der Waals surface area contributed by atoms with E-state index in [1.807, 2.05) is 0 Å². The van der Waals surface area contributed by atoms with Crippen LogP contribution in [0, 0.1) is 11.3 Å². The van der Waals surface area contributed by atoms with Crippen LogP contribution in [0.4, 0.5) is 0 Å². The lowest BCUT2D eigenvalue weighted by Gasteiger charge is -2.22. The van der Waals surface area contributed by atoms with Gasteiger partial charge in [0.2, 0.25) is 0 Å². The minimum atomic E-state index is 0.313. The highest BCUT2D eigenvalue weighted by Crippen LogP contribution is 2.42. The fourth-order valence-electron chi connectivity index (χ4n) is 1.76. The molecule has 0 saturated carbocycles. The number of rotatable bonds is 2. The highest BCUT2D eigenvalue weighted by Gasteiger charge is 2.38. The van der Waals surface area contributed by atoms with E-state index in [-0.39, 0.29) is 0 Å². The minimum Gasteiger partial charge on any atom is -0.498 e. The van der Waals surface area contributed by atoms with Crippen molar-refractivity contribution < 1.29 is 4.74 Å². The van der Waals surface area contributed by atoms with Gasteiger partial charge in [-0.05, 0) is 6.42 Å². The van der Waals surface area contributed by atoms with Crippen molar-refractivity contribution in [2.45, 2.75) is 33.6 Å². The maximum atomic E-state index is 5.44. The number of hydrogen-bond donors (Lipinski definition) is 0. The Hall–Kier alpha value is -0.460. The van der Waals surface area contributed by atoms with Crippen LogP contribution < -0.4 is 0 Å². The summed E-state index contributed by atoms with van der Waals surface area (Å²) in [6.45, 7) is 11.5. The second kappa shape index (κ2) is 2.88. The van der Waals surface area contributed by atoms with Crippen LogP contribution in [0.3, 0.4) is 0 Å². The van der Waals surface area contributed by atoms with E-state index in [4.69, 9.17) is 4.74 Å². The van der Waals surface area contributed by atoms with Gasteiger partial charge in [-0.25, -0.2) is 0 Å². The quantitative estimate of drug-likeness (QED) is 0.594. The zero-order chi connectivity index (χ0) is 8.48. The molecule has 64 valence electrons. The molecule has 11 heavy (non-hydrogen) atoms. The smallest absolute Gasteiger partial charge is 0.0935 e. The molecule has 1 fully saturated rings. The molecule has 1 aliphatic heterocycles. The summed E-state index contributed by atoms with van der Waals surface area (Å²) in [5, 5.41) is 0. The largest absolute Gasteiger partial charge is 0.498 e. The lowest BCUT2D eigenvalue weighted by atomic mass is 9.78. The van der Waals surface area contributed by atoms with Crippen LogP contribution in [0.25, 0.3) is 0 Å². The van der Waals surface area contributed by atoms with Gasteiger partial charge in [0.05, 0.1) is 12.4 Å². The Kier molecular flexibility index (Phi) is 2.26. The van der Waals surface area contributed by atoms with Gasteiger partial charge < -0.3 is 4.74 Å². The average molecular weight is 154 g/mol. The molecule has 1 heterocycles. The normalized spacial score (nSPS) is 28.6. The molecule has 0 radical (unpaired) electrons. The molecular formula is C10H18O. The first-order valence-corrected chi connectivity index (χ1v) is 4.39. The first-order valence-electron chi connectivity index (χ1n) is 4.39. The molecule has 1 nitrogen and oxygen atoms in total. The van der Waals surface area contributed by atoms with Gasteiger partial charge in [0.15, 0.2) is 0 Å². The van der Waals surface area contributed by atoms with Crippen molar-refractivity contribution in [3.8, 4) is 0 Å². The summed E-state index contributed by atoms with van der Waals surface area (Å²) in [6.07, 6.45) is 2.43. The Bertz CT molecular complexity index is 158. The summed E-state index contributed by atoms with van der Waals surface area (Å²) >= 11 is 0. The SMILES string of the molecule is C=C1OCC(C)(C)C1CCC. The van der Waals surface area contributed by atoms with Crippen LogP contribution in [-0.4, -0.2) is 6.61 Å². The third-order valence-corrected chi connectivity index (χ3v) is 2.54. The second-order valence-electron chi connectivity index (χ2n) is 4.08. The van der Waals surface area contributed by atoms with Gasteiger partial charge in [-0.15, -0.1) is 0 Å². The molecule has 1 unspecified atom stereocenters. The lowest BCUT2D eigenvalue weighted by molar-refractivity contribution is 0.199. The Morgan fingerprint density at radius 3 is 2.64 bits per heavy atom. The van der Waals surface area contributed by atoms with Crippen molar-refractivity contribution >= 4 is 0 Å². The van der Waals surface area contributed by atoms with Crippen LogP contribution in [0.1, 0.15) is 33.6 Å². The third-order valence-electron chi connectivity index (χ3n) is 2.54. The van der Waals surface area contributed by atoms with Crippen LogP contribution >= 0.6 is 0 Å². The molecule has 1 atom stereocenters. The molecule has 0 spiro atoms. The van der Waals surface area contributed by atoms with E-state index >= 15 is 0 Å². The Balaban J connectivity index is 2.64. The summed E-state index contributed by atoms with van der Waals surface area (Å²) in [5.74, 6) is 1.57. The molecule has 1 saturated heterocycles. The van der Waals surface area contributed by atoms with Crippen molar-refractivity contribution in [1.82, 2.24) is 0 Å². The number of ether oxygens (including phenoxy) is 1. The first-order chi connectivity index (χ1) is 5.08. The summed E-state index contributed by atoms with van der Waals surface area (Å²) in [6, 6.07) is 0. The Morgan fingerprint density at radius 2 is 2.27 bits per heavy atom. The summed E-state index contributed by atoms with van der Waals surface area (Å²) in [4.78, 5) is 0.